The van der Waals surface area contributed by atoms with Crippen molar-refractivity contribution in [3.8, 4) is 0 Å². The van der Waals surface area contributed by atoms with Gasteiger partial charge in [0.1, 0.15) is 5.92 Å². The Balaban J connectivity index is 2.79. The summed E-state index contributed by atoms with van der Waals surface area (Å²) in [5.41, 5.74) is 5.66. The van der Waals surface area contributed by atoms with Gasteiger partial charge in [0.15, 0.2) is 0 Å². The van der Waals surface area contributed by atoms with Crippen molar-refractivity contribution >= 4 is 17.5 Å². The molecule has 1 atom stereocenters. The number of rotatable bonds is 3. The maximum Gasteiger partial charge on any atom is 0.313 e. The van der Waals surface area contributed by atoms with Crippen molar-refractivity contribution in [2.45, 2.75) is 5.92 Å². The summed E-state index contributed by atoms with van der Waals surface area (Å²) in [7, 11) is 0. The van der Waals surface area contributed by atoms with E-state index in [4.69, 9.17) is 10.8 Å². The highest BCUT2D eigenvalue weighted by atomic mass is 32.1. The zero-order valence-electron chi connectivity index (χ0n) is 5.60. The maximum absolute atomic E-state index is 10.5. The molecule has 0 saturated carbocycles. The third-order valence-electron chi connectivity index (χ3n) is 1.27. The lowest BCUT2D eigenvalue weighted by molar-refractivity contribution is -0.138. The Morgan fingerprint density at radius 1 is 1.91 bits per heavy atom. The molecule has 0 aromatic carbocycles. The Morgan fingerprint density at radius 3 is 3.00 bits per heavy atom. The first-order valence-corrected chi connectivity index (χ1v) is 3.79. The minimum absolute atomic E-state index is 0.0563. The Bertz CT molecular complexity index is 236. The van der Waals surface area contributed by atoms with Crippen LogP contribution in [0.5, 0.6) is 0 Å². The molecule has 0 amide bonds. The van der Waals surface area contributed by atoms with Crippen LogP contribution in [0.3, 0.4) is 0 Å². The molecule has 0 spiro atoms. The highest BCUT2D eigenvalue weighted by molar-refractivity contribution is 7.03. The van der Waals surface area contributed by atoms with E-state index in [2.05, 4.69) is 9.59 Å². The number of hydrogen-bond donors (Lipinski definition) is 2. The number of carboxylic acids is 1. The van der Waals surface area contributed by atoms with Crippen molar-refractivity contribution in [2.75, 3.05) is 6.54 Å². The number of carboxylic acid groups (broad SMARTS) is 1. The Morgan fingerprint density at radius 2 is 2.64 bits per heavy atom. The van der Waals surface area contributed by atoms with Crippen molar-refractivity contribution in [3.05, 3.63) is 11.1 Å². The van der Waals surface area contributed by atoms with Gasteiger partial charge in [-0.15, -0.1) is 5.10 Å². The lowest BCUT2D eigenvalue weighted by atomic mass is 10.1. The van der Waals surface area contributed by atoms with Gasteiger partial charge in [-0.2, -0.15) is 0 Å². The van der Waals surface area contributed by atoms with Crippen LogP contribution >= 0.6 is 11.5 Å². The quantitative estimate of drug-likeness (QED) is 0.653. The first-order chi connectivity index (χ1) is 5.25. The number of aromatic nitrogens is 2. The van der Waals surface area contributed by atoms with E-state index in [1.165, 1.54) is 0 Å². The summed E-state index contributed by atoms with van der Waals surface area (Å²) in [5.74, 6) is -1.67. The molecule has 60 valence electrons. The van der Waals surface area contributed by atoms with Crippen LogP contribution in [0.1, 0.15) is 11.6 Å². The van der Waals surface area contributed by atoms with Crippen LogP contribution in [0.4, 0.5) is 0 Å². The van der Waals surface area contributed by atoms with Gasteiger partial charge in [0.05, 0.1) is 5.69 Å². The van der Waals surface area contributed by atoms with E-state index in [9.17, 15) is 4.79 Å². The van der Waals surface area contributed by atoms with Gasteiger partial charge < -0.3 is 10.8 Å². The molecule has 0 aliphatic rings. The molecule has 0 saturated heterocycles. The van der Waals surface area contributed by atoms with E-state index in [1.54, 1.807) is 5.38 Å². The molecule has 1 unspecified atom stereocenters. The van der Waals surface area contributed by atoms with Crippen LogP contribution in [0.15, 0.2) is 5.38 Å². The standard InChI is InChI=1S/C5H7N3O2S/c6-1-3(5(9)10)4-2-11-8-7-4/h2-3H,1,6H2,(H,9,10). The monoisotopic (exact) mass is 173 g/mol. The highest BCUT2D eigenvalue weighted by Gasteiger charge is 2.19. The zero-order chi connectivity index (χ0) is 8.27. The second kappa shape index (κ2) is 3.40. The molecule has 0 fully saturated rings. The predicted molar refractivity (Wildman–Crippen MR) is 39.3 cm³/mol. The summed E-state index contributed by atoms with van der Waals surface area (Å²) in [6, 6.07) is 0. The molecule has 1 aromatic rings. The van der Waals surface area contributed by atoms with Gasteiger partial charge in [-0.1, -0.05) is 4.49 Å². The molecule has 1 rings (SSSR count). The van der Waals surface area contributed by atoms with Crippen LogP contribution in [0, 0.1) is 0 Å². The van der Waals surface area contributed by atoms with Crippen molar-refractivity contribution in [1.29, 1.82) is 0 Å². The van der Waals surface area contributed by atoms with Crippen molar-refractivity contribution in [3.63, 3.8) is 0 Å². The van der Waals surface area contributed by atoms with E-state index in [0.717, 1.165) is 11.5 Å². The highest BCUT2D eigenvalue weighted by Crippen LogP contribution is 2.12. The number of carbonyl (C=O) groups is 1. The molecule has 0 aliphatic carbocycles. The van der Waals surface area contributed by atoms with Crippen LogP contribution in [0.2, 0.25) is 0 Å². The van der Waals surface area contributed by atoms with E-state index < -0.39 is 11.9 Å². The Kier molecular flexibility index (Phi) is 2.50. The molecule has 1 aromatic heterocycles. The molecule has 0 aliphatic heterocycles. The first kappa shape index (κ1) is 8.09. The van der Waals surface area contributed by atoms with E-state index in [1.807, 2.05) is 0 Å². The fourth-order valence-electron chi connectivity index (χ4n) is 0.672. The number of nitrogens with two attached hydrogens (primary N) is 1. The summed E-state index contributed by atoms with van der Waals surface area (Å²) < 4.78 is 3.55. The second-order valence-electron chi connectivity index (χ2n) is 1.96. The molecular weight excluding hydrogens is 166 g/mol. The summed E-state index contributed by atoms with van der Waals surface area (Å²) in [4.78, 5) is 10.5. The number of aliphatic carboxylic acids is 1. The van der Waals surface area contributed by atoms with Gasteiger partial charge in [0.2, 0.25) is 0 Å². The average molecular weight is 173 g/mol. The Hall–Kier alpha value is -1.01. The lowest BCUT2D eigenvalue weighted by Gasteiger charge is -2.03. The molecule has 5 nitrogen and oxygen atoms in total. The van der Waals surface area contributed by atoms with E-state index >= 15 is 0 Å². The molecule has 0 bridgehead atoms. The van der Waals surface area contributed by atoms with Crippen molar-refractivity contribution in [1.82, 2.24) is 9.59 Å². The first-order valence-electron chi connectivity index (χ1n) is 2.95. The van der Waals surface area contributed by atoms with Gasteiger partial charge in [0.25, 0.3) is 0 Å². The van der Waals surface area contributed by atoms with Crippen LogP contribution in [0.25, 0.3) is 0 Å². The fraction of sp³-hybridized carbons (Fsp3) is 0.400. The van der Waals surface area contributed by atoms with Crippen LogP contribution < -0.4 is 5.73 Å². The molecule has 1 heterocycles. The van der Waals surface area contributed by atoms with Gasteiger partial charge in [-0.05, 0) is 11.5 Å². The van der Waals surface area contributed by atoms with Crippen molar-refractivity contribution in [2.24, 2.45) is 5.73 Å². The van der Waals surface area contributed by atoms with Crippen LogP contribution in [-0.4, -0.2) is 27.2 Å². The molecule has 11 heavy (non-hydrogen) atoms. The molecule has 3 N–H and O–H groups in total. The topological polar surface area (TPSA) is 89.1 Å². The molecular formula is C5H7N3O2S. The largest absolute Gasteiger partial charge is 0.481 e. The number of nitrogens with zero attached hydrogens (tertiary/aromatic N) is 2. The second-order valence-corrected chi connectivity index (χ2v) is 2.57. The van der Waals surface area contributed by atoms with Gasteiger partial charge in [0, 0.05) is 11.9 Å². The summed E-state index contributed by atoms with van der Waals surface area (Å²) in [6.45, 7) is 0.0563. The average Bonchev–Trinajstić information content (AvgIpc) is 2.40. The normalized spacial score (nSPS) is 12.8. The summed E-state index contributed by atoms with van der Waals surface area (Å²) >= 11 is 1.12. The lowest BCUT2D eigenvalue weighted by Crippen LogP contribution is -2.21. The zero-order valence-corrected chi connectivity index (χ0v) is 6.41. The third-order valence-corrected chi connectivity index (χ3v) is 1.79. The van der Waals surface area contributed by atoms with Crippen molar-refractivity contribution < 1.29 is 9.90 Å². The Labute approximate surface area is 67.0 Å². The van der Waals surface area contributed by atoms with Crippen LogP contribution in [-0.2, 0) is 4.79 Å². The fourth-order valence-corrected chi connectivity index (χ4v) is 1.18. The number of hydrogen-bond acceptors (Lipinski definition) is 5. The van der Waals surface area contributed by atoms with Gasteiger partial charge >= 0.3 is 5.97 Å². The third kappa shape index (κ3) is 1.72. The minimum atomic E-state index is -0.958. The molecule has 0 radical (unpaired) electrons. The van der Waals surface area contributed by atoms with E-state index in [0.29, 0.717) is 5.69 Å². The van der Waals surface area contributed by atoms with Gasteiger partial charge in [-0.3, -0.25) is 4.79 Å². The smallest absolute Gasteiger partial charge is 0.313 e. The SMILES string of the molecule is NCC(C(=O)O)c1csnn1. The van der Waals surface area contributed by atoms with Gasteiger partial charge in [-0.25, -0.2) is 0 Å². The maximum atomic E-state index is 10.5. The van der Waals surface area contributed by atoms with E-state index in [-0.39, 0.29) is 6.54 Å². The minimum Gasteiger partial charge on any atom is -0.481 e. The summed E-state index contributed by atoms with van der Waals surface area (Å²) in [6.07, 6.45) is 0. The summed E-state index contributed by atoms with van der Waals surface area (Å²) in [5, 5.41) is 13.8. The predicted octanol–water partition coefficient (Wildman–Crippen LogP) is -0.335. The molecule has 6 heteroatoms.